The average molecular weight is 362 g/mol. The van der Waals surface area contributed by atoms with Crippen molar-refractivity contribution < 1.29 is 0 Å². The summed E-state index contributed by atoms with van der Waals surface area (Å²) in [6.07, 6.45) is 0. The number of rotatable bonds is 3. The van der Waals surface area contributed by atoms with E-state index in [0.717, 1.165) is 16.7 Å². The van der Waals surface area contributed by atoms with Crippen LogP contribution in [-0.2, 0) is 5.41 Å². The van der Waals surface area contributed by atoms with E-state index in [1.54, 1.807) is 11.8 Å². The van der Waals surface area contributed by atoms with Crippen molar-refractivity contribution in [3.05, 3.63) is 5.82 Å². The number of hydrogen-bond donors (Lipinski definition) is 2. The molecule has 0 saturated heterocycles. The van der Waals surface area contributed by atoms with E-state index >= 15 is 0 Å². The topological polar surface area (TPSA) is 67.6 Å². The van der Waals surface area contributed by atoms with Gasteiger partial charge in [-0.2, -0.15) is 0 Å². The summed E-state index contributed by atoms with van der Waals surface area (Å²) in [7, 11) is 0. The molecule has 7 heteroatoms. The van der Waals surface area contributed by atoms with E-state index in [4.69, 9.17) is 5.73 Å². The Kier molecular flexibility index (Phi) is 9.07. The Bertz CT molecular complexity index is 272. The number of thioether (sulfide) groups is 1. The molecule has 0 bridgehead atoms. The van der Waals surface area contributed by atoms with Crippen molar-refractivity contribution in [3.8, 4) is 0 Å². The molecule has 0 aromatic carbocycles. The molecule has 1 aromatic rings. The summed E-state index contributed by atoms with van der Waals surface area (Å²) in [5.74, 6) is 1.79. The second-order valence-corrected chi connectivity index (χ2v) is 4.92. The highest BCUT2D eigenvalue weighted by molar-refractivity contribution is 8.93. The number of hydrogen-bond acceptors (Lipinski definition) is 4. The highest BCUT2D eigenvalue weighted by Crippen LogP contribution is 2.20. The van der Waals surface area contributed by atoms with Crippen LogP contribution in [0.3, 0.4) is 0 Å². The molecule has 3 N–H and O–H groups in total. The first-order chi connectivity index (χ1) is 6.04. The first kappa shape index (κ1) is 17.8. The van der Waals surface area contributed by atoms with Gasteiger partial charge in [0.15, 0.2) is 0 Å². The molecule has 0 amide bonds. The summed E-state index contributed by atoms with van der Waals surface area (Å²) >= 11 is 1.58. The largest absolute Gasteiger partial charge is 0.330 e. The third-order valence-electron chi connectivity index (χ3n) is 1.52. The molecule has 0 spiro atoms. The standard InChI is InChI=1S/C8H16N4S.2BrH/c1-8(2,3)6-10-7(12-11-6)13-5-4-9;;/h4-5,9H2,1-3H3,(H,10,11,12);2*1H. The zero-order chi connectivity index (χ0) is 9.90. The number of nitrogens with two attached hydrogens (primary N) is 1. The van der Waals surface area contributed by atoms with Gasteiger partial charge in [-0.25, -0.2) is 4.98 Å². The molecule has 0 atom stereocenters. The van der Waals surface area contributed by atoms with Gasteiger partial charge in [-0.1, -0.05) is 32.5 Å². The minimum atomic E-state index is 0. The van der Waals surface area contributed by atoms with Gasteiger partial charge in [-0.3, -0.25) is 5.10 Å². The summed E-state index contributed by atoms with van der Waals surface area (Å²) in [6.45, 7) is 6.96. The summed E-state index contributed by atoms with van der Waals surface area (Å²) in [5, 5.41) is 7.81. The van der Waals surface area contributed by atoms with Gasteiger partial charge in [0.05, 0.1) is 0 Å². The molecule has 0 aliphatic carbocycles. The average Bonchev–Trinajstić information content (AvgIpc) is 2.47. The molecule has 1 rings (SSSR count). The number of aromatic amines is 1. The zero-order valence-electron chi connectivity index (χ0n) is 9.11. The monoisotopic (exact) mass is 360 g/mol. The smallest absolute Gasteiger partial charge is 0.208 e. The van der Waals surface area contributed by atoms with Gasteiger partial charge in [0, 0.05) is 17.7 Å². The second kappa shape index (κ2) is 7.65. The van der Waals surface area contributed by atoms with Crippen LogP contribution in [0.4, 0.5) is 0 Å². The normalized spacial score (nSPS) is 10.4. The van der Waals surface area contributed by atoms with Crippen molar-refractivity contribution >= 4 is 45.7 Å². The van der Waals surface area contributed by atoms with E-state index < -0.39 is 0 Å². The molecule has 4 nitrogen and oxygen atoms in total. The van der Waals surface area contributed by atoms with Gasteiger partial charge in [0.2, 0.25) is 5.16 Å². The lowest BCUT2D eigenvalue weighted by Gasteiger charge is -2.12. The van der Waals surface area contributed by atoms with Crippen LogP contribution in [0.2, 0.25) is 0 Å². The maximum Gasteiger partial charge on any atom is 0.208 e. The molecule has 0 unspecified atom stereocenters. The van der Waals surface area contributed by atoms with Gasteiger partial charge < -0.3 is 5.73 Å². The molecule has 1 aromatic heterocycles. The molecule has 0 aliphatic rings. The summed E-state index contributed by atoms with van der Waals surface area (Å²) in [4.78, 5) is 4.36. The highest BCUT2D eigenvalue weighted by Gasteiger charge is 2.18. The van der Waals surface area contributed by atoms with Crippen LogP contribution in [0, 0.1) is 0 Å². The molecular formula is C8H18Br2N4S. The van der Waals surface area contributed by atoms with Crippen molar-refractivity contribution in [1.29, 1.82) is 0 Å². The quantitative estimate of drug-likeness (QED) is 0.810. The number of nitrogens with one attached hydrogen (secondary N) is 1. The Morgan fingerprint density at radius 2 is 1.93 bits per heavy atom. The first-order valence-corrected chi connectivity index (χ1v) is 5.28. The fraction of sp³-hybridized carbons (Fsp3) is 0.750. The molecule has 0 radical (unpaired) electrons. The second-order valence-electron chi connectivity index (χ2n) is 3.85. The summed E-state index contributed by atoms with van der Waals surface area (Å²) in [5.41, 5.74) is 5.42. The zero-order valence-corrected chi connectivity index (χ0v) is 13.4. The first-order valence-electron chi connectivity index (χ1n) is 4.30. The van der Waals surface area contributed by atoms with Gasteiger partial charge in [0.1, 0.15) is 5.82 Å². The van der Waals surface area contributed by atoms with E-state index in [0.29, 0.717) is 6.54 Å². The van der Waals surface area contributed by atoms with E-state index in [-0.39, 0.29) is 39.4 Å². The highest BCUT2D eigenvalue weighted by atomic mass is 79.9. The van der Waals surface area contributed by atoms with Gasteiger partial charge >= 0.3 is 0 Å². The van der Waals surface area contributed by atoms with Crippen LogP contribution in [0.25, 0.3) is 0 Å². The summed E-state index contributed by atoms with van der Waals surface area (Å²) in [6, 6.07) is 0. The molecule has 15 heavy (non-hydrogen) atoms. The van der Waals surface area contributed by atoms with E-state index in [1.165, 1.54) is 0 Å². The summed E-state index contributed by atoms with van der Waals surface area (Å²) < 4.78 is 0. The van der Waals surface area contributed by atoms with Crippen molar-refractivity contribution in [2.24, 2.45) is 5.73 Å². The van der Waals surface area contributed by atoms with Crippen LogP contribution < -0.4 is 5.73 Å². The lowest BCUT2D eigenvalue weighted by atomic mass is 9.96. The lowest BCUT2D eigenvalue weighted by Crippen LogP contribution is -2.13. The molecule has 0 fully saturated rings. The molecule has 1 heterocycles. The van der Waals surface area contributed by atoms with Crippen LogP contribution in [0.5, 0.6) is 0 Å². The predicted octanol–water partition coefficient (Wildman–Crippen LogP) is 2.31. The molecule has 0 aliphatic heterocycles. The molecule has 0 saturated carbocycles. The van der Waals surface area contributed by atoms with E-state index in [2.05, 4.69) is 36.0 Å². The Morgan fingerprint density at radius 1 is 1.33 bits per heavy atom. The molecule has 90 valence electrons. The Balaban J connectivity index is 0. The minimum Gasteiger partial charge on any atom is -0.330 e. The Labute approximate surface area is 116 Å². The van der Waals surface area contributed by atoms with Crippen molar-refractivity contribution in [2.75, 3.05) is 12.3 Å². The Morgan fingerprint density at radius 3 is 2.33 bits per heavy atom. The third-order valence-corrected chi connectivity index (χ3v) is 2.40. The number of halogens is 2. The third kappa shape index (κ3) is 5.89. The van der Waals surface area contributed by atoms with Crippen molar-refractivity contribution in [3.63, 3.8) is 0 Å². The number of aromatic nitrogens is 3. The number of H-pyrrole nitrogens is 1. The van der Waals surface area contributed by atoms with Crippen molar-refractivity contribution in [1.82, 2.24) is 15.2 Å². The maximum absolute atomic E-state index is 5.38. The number of nitrogens with zero attached hydrogens (tertiary/aromatic N) is 2. The fourth-order valence-electron chi connectivity index (χ4n) is 0.797. The van der Waals surface area contributed by atoms with Gasteiger partial charge in [0.25, 0.3) is 0 Å². The molecular weight excluding hydrogens is 344 g/mol. The maximum atomic E-state index is 5.38. The predicted molar refractivity (Wildman–Crippen MR) is 75.5 cm³/mol. The van der Waals surface area contributed by atoms with E-state index in [9.17, 15) is 0 Å². The van der Waals surface area contributed by atoms with Gasteiger partial charge in [-0.05, 0) is 0 Å². The van der Waals surface area contributed by atoms with Crippen LogP contribution in [0.1, 0.15) is 26.6 Å². The lowest BCUT2D eigenvalue weighted by molar-refractivity contribution is 0.547. The van der Waals surface area contributed by atoms with Crippen LogP contribution in [-0.4, -0.2) is 27.5 Å². The Hall–Kier alpha value is 0.410. The minimum absolute atomic E-state index is 0. The van der Waals surface area contributed by atoms with Crippen molar-refractivity contribution in [2.45, 2.75) is 31.3 Å². The van der Waals surface area contributed by atoms with Crippen LogP contribution in [0.15, 0.2) is 5.16 Å². The van der Waals surface area contributed by atoms with Gasteiger partial charge in [-0.15, -0.1) is 39.1 Å². The van der Waals surface area contributed by atoms with Crippen LogP contribution >= 0.6 is 45.7 Å². The fourth-order valence-corrected chi connectivity index (χ4v) is 1.36. The SMILES string of the molecule is Br.Br.CC(C)(C)c1nc(SCCN)n[nH]1. The van der Waals surface area contributed by atoms with E-state index in [1.807, 2.05) is 0 Å².